The molecule has 1 saturated heterocycles. The molecule has 11 heteroatoms. The van der Waals surface area contributed by atoms with Gasteiger partial charge in [-0.15, -0.1) is 0 Å². The second kappa shape index (κ2) is 11.2. The van der Waals surface area contributed by atoms with E-state index in [2.05, 4.69) is 61.6 Å². The zero-order chi connectivity index (χ0) is 28.7. The molecule has 0 spiro atoms. The Bertz CT molecular complexity index is 1720. The highest BCUT2D eigenvalue weighted by molar-refractivity contribution is 6.06. The topological polar surface area (TPSA) is 91.8 Å². The molecule has 2 aromatic heterocycles. The summed E-state index contributed by atoms with van der Waals surface area (Å²) in [4.78, 5) is 19.7. The van der Waals surface area contributed by atoms with Crippen LogP contribution in [0.5, 0.6) is 5.75 Å². The van der Waals surface area contributed by atoms with Crippen LogP contribution in [-0.2, 0) is 11.8 Å². The lowest BCUT2D eigenvalue weighted by atomic mass is 9.98. The van der Waals surface area contributed by atoms with Gasteiger partial charge in [0.25, 0.3) is 5.56 Å². The molecule has 41 heavy (non-hydrogen) atoms. The van der Waals surface area contributed by atoms with Gasteiger partial charge in [0.2, 0.25) is 0 Å². The zero-order valence-electron chi connectivity index (χ0n) is 23.6. The SMILES string of the molecule is Cc1cc2c(N3CCN(C)c4cc(-c5cn[n]([Al])c5)c(C#N)cc43)cc(OCCN3CCOCC3)cc2n(C)c1=O. The molecule has 6 rings (SSSR count). The Hall–Kier alpha value is -3.80. The van der Waals surface area contributed by atoms with Crippen LogP contribution in [0.3, 0.4) is 0 Å². The summed E-state index contributed by atoms with van der Waals surface area (Å²) in [5, 5.41) is 15.4. The summed E-state index contributed by atoms with van der Waals surface area (Å²) >= 11 is 2.53. The highest BCUT2D eigenvalue weighted by Crippen LogP contribution is 2.44. The lowest BCUT2D eigenvalue weighted by molar-refractivity contribution is 0.0322. The molecule has 2 aromatic carbocycles. The molecule has 0 N–H and O–H groups in total. The summed E-state index contributed by atoms with van der Waals surface area (Å²) in [6, 6.07) is 12.4. The molecule has 4 heterocycles. The van der Waals surface area contributed by atoms with Gasteiger partial charge in [-0.2, -0.15) is 5.26 Å². The minimum atomic E-state index is -0.0289. The number of nitriles is 1. The fraction of sp³-hybridized carbons (Fsp3) is 0.367. The number of likely N-dealkylation sites (N-methyl/N-ethyl adjacent to an activating group) is 1. The van der Waals surface area contributed by atoms with Crippen LogP contribution >= 0.6 is 0 Å². The van der Waals surface area contributed by atoms with Crippen LogP contribution in [0.1, 0.15) is 11.1 Å². The number of hydrogen-bond donors (Lipinski definition) is 0. The van der Waals surface area contributed by atoms with Gasteiger partial charge in [-0.25, -0.2) is 5.10 Å². The Morgan fingerprint density at radius 1 is 1.05 bits per heavy atom. The minimum Gasteiger partial charge on any atom is -0.492 e. The number of hydrogen-bond acceptors (Lipinski definition) is 8. The number of fused-ring (bicyclic) bond motifs is 2. The molecule has 2 radical (unpaired) electrons. The molecular weight excluding hydrogens is 533 g/mol. The standard InChI is InChI=1S/C30H32N7O3.Al/c1-20-12-25-26(35(3)30(20)38)14-23(40-11-8-36-6-9-39-10-7-36)15-27(25)37-5-4-34(2)28-16-24(22-18-32-33-19-22)21(17-31)13-29(28)37;/h12-16,18-19H,4-11H2,1-3H3;/q-1;+1. The third kappa shape index (κ3) is 5.20. The van der Waals surface area contributed by atoms with E-state index in [1.54, 1.807) is 14.4 Å². The second-order valence-corrected chi connectivity index (χ2v) is 11.2. The normalized spacial score (nSPS) is 15.7. The summed E-state index contributed by atoms with van der Waals surface area (Å²) in [7, 11) is 3.88. The first kappa shape index (κ1) is 27.4. The lowest BCUT2D eigenvalue weighted by Gasteiger charge is -2.38. The van der Waals surface area contributed by atoms with Gasteiger partial charge in [0.1, 0.15) is 12.4 Å². The van der Waals surface area contributed by atoms with Crippen LogP contribution in [0, 0.1) is 18.3 Å². The molecular formula is C30H32AlN7O3. The third-order valence-electron chi connectivity index (χ3n) is 8.05. The minimum absolute atomic E-state index is 0.0289. The molecule has 10 nitrogen and oxygen atoms in total. The summed E-state index contributed by atoms with van der Waals surface area (Å²) in [5.74, 6) is 0.713. The molecule has 0 amide bonds. The number of ether oxygens (including phenoxy) is 2. The summed E-state index contributed by atoms with van der Waals surface area (Å²) < 4.78 is 15.1. The number of anilines is 3. The molecule has 208 valence electrons. The Labute approximate surface area is 247 Å². The predicted octanol–water partition coefficient (Wildman–Crippen LogP) is 2.81. The molecule has 2 aliphatic rings. The first-order valence-electron chi connectivity index (χ1n) is 13.8. The van der Waals surface area contributed by atoms with Gasteiger partial charge in [0.15, 0.2) is 0 Å². The van der Waals surface area contributed by atoms with Gasteiger partial charge in [-0.1, -0.05) is 0 Å². The van der Waals surface area contributed by atoms with Crippen molar-refractivity contribution in [2.24, 2.45) is 7.05 Å². The maximum absolute atomic E-state index is 12.9. The highest BCUT2D eigenvalue weighted by Gasteiger charge is 2.27. The van der Waals surface area contributed by atoms with Gasteiger partial charge in [-0.05, 0) is 25.1 Å². The van der Waals surface area contributed by atoms with E-state index in [0.717, 1.165) is 78.5 Å². The average Bonchev–Trinajstić information content (AvgIpc) is 3.42. The van der Waals surface area contributed by atoms with Gasteiger partial charge in [-0.3, -0.25) is 9.69 Å². The molecule has 0 unspecified atom stereocenters. The molecule has 1 fully saturated rings. The van der Waals surface area contributed by atoms with Gasteiger partial charge >= 0.3 is 16.5 Å². The van der Waals surface area contributed by atoms with Crippen molar-refractivity contribution in [1.29, 1.82) is 5.26 Å². The predicted molar refractivity (Wildman–Crippen MR) is 160 cm³/mol. The number of aromatic nitrogens is 3. The monoisotopic (exact) mass is 565 g/mol. The fourth-order valence-corrected chi connectivity index (χ4v) is 5.98. The van der Waals surface area contributed by atoms with E-state index in [9.17, 15) is 10.1 Å². The van der Waals surface area contributed by atoms with Crippen molar-refractivity contribution < 1.29 is 9.47 Å². The van der Waals surface area contributed by atoms with E-state index >= 15 is 0 Å². The fourth-order valence-electron chi connectivity index (χ4n) is 5.75. The number of aryl methyl sites for hydroxylation is 2. The number of morpholine rings is 1. The van der Waals surface area contributed by atoms with Crippen molar-refractivity contribution in [3.8, 4) is 22.9 Å². The van der Waals surface area contributed by atoms with Crippen molar-refractivity contribution in [3.63, 3.8) is 0 Å². The van der Waals surface area contributed by atoms with Crippen molar-refractivity contribution in [2.75, 3.05) is 69.4 Å². The molecule has 4 aromatic rings. The molecule has 0 bridgehead atoms. The third-order valence-corrected chi connectivity index (χ3v) is 8.34. The summed E-state index contributed by atoms with van der Waals surface area (Å²) in [6.07, 6.45) is 3.66. The van der Waals surface area contributed by atoms with Crippen LogP contribution in [0.4, 0.5) is 17.1 Å². The summed E-state index contributed by atoms with van der Waals surface area (Å²) in [5.41, 5.74) is 6.68. The lowest BCUT2D eigenvalue weighted by Crippen LogP contribution is -2.38. The van der Waals surface area contributed by atoms with Crippen LogP contribution in [-0.4, -0.2) is 94.3 Å². The van der Waals surface area contributed by atoms with Crippen molar-refractivity contribution in [1.82, 2.24) is 18.2 Å². The Morgan fingerprint density at radius 3 is 2.59 bits per heavy atom. The highest BCUT2D eigenvalue weighted by atomic mass is 27.1. The molecule has 2 aliphatic heterocycles. The molecule has 0 saturated carbocycles. The quantitative estimate of drug-likeness (QED) is 0.330. The van der Waals surface area contributed by atoms with Crippen molar-refractivity contribution in [3.05, 3.63) is 64.2 Å². The largest absolute Gasteiger partial charge is 0.492 e. The van der Waals surface area contributed by atoms with Gasteiger partial charge in [0.05, 0.1) is 53.6 Å². The Balaban J connectivity index is 1.45. The van der Waals surface area contributed by atoms with Crippen LogP contribution in [0.25, 0.3) is 22.0 Å². The first-order chi connectivity index (χ1) is 19.8. The number of benzene rings is 2. The van der Waals surface area contributed by atoms with E-state index in [1.807, 2.05) is 38.4 Å². The molecule has 0 aliphatic carbocycles. The Morgan fingerprint density at radius 2 is 1.85 bits per heavy atom. The smallest absolute Gasteiger partial charge is 0.353 e. The van der Waals surface area contributed by atoms with E-state index in [0.29, 0.717) is 30.0 Å². The van der Waals surface area contributed by atoms with Gasteiger partial charge in [0, 0.05) is 87.2 Å². The van der Waals surface area contributed by atoms with Crippen molar-refractivity contribution >= 4 is 44.5 Å². The van der Waals surface area contributed by atoms with Gasteiger partial charge < -0.3 is 27.5 Å². The maximum Gasteiger partial charge on any atom is 0.353 e. The second-order valence-electron chi connectivity index (χ2n) is 10.6. The Kier molecular flexibility index (Phi) is 7.50. The number of rotatable bonds is 6. The van der Waals surface area contributed by atoms with E-state index in [1.165, 1.54) is 0 Å². The first-order valence-corrected chi connectivity index (χ1v) is 14.3. The number of pyridine rings is 1. The van der Waals surface area contributed by atoms with E-state index < -0.39 is 0 Å². The van der Waals surface area contributed by atoms with Crippen LogP contribution < -0.4 is 20.1 Å². The average molecular weight is 566 g/mol. The van der Waals surface area contributed by atoms with Crippen LogP contribution in [0.2, 0.25) is 0 Å². The number of nitrogens with zero attached hydrogens (tertiary/aromatic N) is 7. The van der Waals surface area contributed by atoms with E-state index in [-0.39, 0.29) is 5.56 Å². The maximum atomic E-state index is 12.9. The zero-order valence-corrected chi connectivity index (χ0v) is 24.8. The molecule has 0 atom stereocenters. The van der Waals surface area contributed by atoms with Crippen molar-refractivity contribution in [2.45, 2.75) is 6.92 Å². The summed E-state index contributed by atoms with van der Waals surface area (Å²) in [6.45, 7) is 7.99. The van der Waals surface area contributed by atoms with Crippen LogP contribution in [0.15, 0.2) is 47.5 Å². The van der Waals surface area contributed by atoms with E-state index in [4.69, 9.17) is 9.47 Å².